The molecule has 0 radical (unpaired) electrons. The van der Waals surface area contributed by atoms with Gasteiger partial charge < -0.3 is 18.6 Å². The van der Waals surface area contributed by atoms with Crippen molar-refractivity contribution < 1.29 is 23.4 Å². The van der Waals surface area contributed by atoms with Gasteiger partial charge in [-0.2, -0.15) is 0 Å². The van der Waals surface area contributed by atoms with E-state index in [2.05, 4.69) is 18.8 Å². The van der Waals surface area contributed by atoms with Gasteiger partial charge in [-0.05, 0) is 62.1 Å². The number of aromatic nitrogens is 1. The third-order valence-electron chi connectivity index (χ3n) is 5.42. The molecule has 0 fully saturated rings. The van der Waals surface area contributed by atoms with Crippen LogP contribution in [0, 0.1) is 6.92 Å². The summed E-state index contributed by atoms with van der Waals surface area (Å²) in [5.41, 5.74) is 3.97. The molecule has 182 valence electrons. The molecule has 0 aliphatic carbocycles. The molecule has 0 aliphatic rings. The van der Waals surface area contributed by atoms with Crippen molar-refractivity contribution in [2.45, 2.75) is 59.8 Å². The fraction of sp³-hybridized carbons (Fsp3) is 0.429. The molecule has 0 unspecified atom stereocenters. The Balaban J connectivity index is 1.71. The zero-order valence-electron chi connectivity index (χ0n) is 20.7. The van der Waals surface area contributed by atoms with Gasteiger partial charge in [-0.25, -0.2) is 9.78 Å². The first-order valence-electron chi connectivity index (χ1n) is 12.1. The van der Waals surface area contributed by atoms with Gasteiger partial charge in [0.15, 0.2) is 6.61 Å². The lowest BCUT2D eigenvalue weighted by molar-refractivity contribution is -0.145. The number of hydrogen-bond acceptors (Lipinski definition) is 6. The van der Waals surface area contributed by atoms with Crippen molar-refractivity contribution in [2.24, 2.45) is 0 Å². The van der Waals surface area contributed by atoms with Gasteiger partial charge in [0.25, 0.3) is 0 Å². The molecule has 0 bridgehead atoms. The van der Waals surface area contributed by atoms with Crippen LogP contribution in [0.5, 0.6) is 11.5 Å². The summed E-state index contributed by atoms with van der Waals surface area (Å²) in [5, 5.41) is 0. The largest absolute Gasteiger partial charge is 0.493 e. The Morgan fingerprint density at radius 3 is 2.24 bits per heavy atom. The van der Waals surface area contributed by atoms with Crippen LogP contribution < -0.4 is 9.47 Å². The Labute approximate surface area is 202 Å². The molecule has 0 spiro atoms. The van der Waals surface area contributed by atoms with Crippen LogP contribution in [-0.2, 0) is 28.8 Å². The highest BCUT2D eigenvalue weighted by atomic mass is 16.6. The number of hydrogen-bond donors (Lipinski definition) is 0. The molecule has 3 aromatic rings. The van der Waals surface area contributed by atoms with Gasteiger partial charge in [-0.1, -0.05) is 44.9 Å². The minimum Gasteiger partial charge on any atom is -0.493 e. The van der Waals surface area contributed by atoms with Crippen LogP contribution in [0.25, 0.3) is 11.5 Å². The van der Waals surface area contributed by atoms with Gasteiger partial charge in [-0.15, -0.1) is 0 Å². The first kappa shape index (κ1) is 25.3. The Hall–Kier alpha value is -3.28. The van der Waals surface area contributed by atoms with Gasteiger partial charge in [0, 0.05) is 12.0 Å². The van der Waals surface area contributed by atoms with E-state index >= 15 is 0 Å². The number of carbonyl (C=O) groups excluding carboxylic acids is 1. The van der Waals surface area contributed by atoms with E-state index in [1.54, 1.807) is 6.92 Å². The molecule has 3 rings (SSSR count). The number of aryl methyl sites for hydroxylation is 3. The average Bonchev–Trinajstić information content (AvgIpc) is 3.20. The molecule has 6 nitrogen and oxygen atoms in total. The van der Waals surface area contributed by atoms with Crippen LogP contribution in [0.15, 0.2) is 46.9 Å². The number of benzene rings is 2. The summed E-state index contributed by atoms with van der Waals surface area (Å²) in [7, 11) is 0. The third-order valence-corrected chi connectivity index (χ3v) is 5.42. The van der Waals surface area contributed by atoms with Crippen molar-refractivity contribution in [3.63, 3.8) is 0 Å². The van der Waals surface area contributed by atoms with Crippen molar-refractivity contribution in [1.29, 1.82) is 0 Å². The summed E-state index contributed by atoms with van der Waals surface area (Å²) in [6, 6.07) is 13.9. The molecule has 0 aliphatic heterocycles. The maximum absolute atomic E-state index is 11.8. The highest BCUT2D eigenvalue weighted by Gasteiger charge is 2.16. The first-order valence-corrected chi connectivity index (χ1v) is 12.1. The summed E-state index contributed by atoms with van der Waals surface area (Å²) in [6.45, 7) is 8.72. The highest BCUT2D eigenvalue weighted by molar-refractivity contribution is 5.71. The van der Waals surface area contributed by atoms with Crippen molar-refractivity contribution in [1.82, 2.24) is 4.98 Å². The van der Waals surface area contributed by atoms with Crippen molar-refractivity contribution >= 4 is 5.97 Å². The van der Waals surface area contributed by atoms with E-state index in [1.807, 2.05) is 49.4 Å². The van der Waals surface area contributed by atoms with Gasteiger partial charge in [0.2, 0.25) is 5.89 Å². The lowest BCUT2D eigenvalue weighted by atomic mass is 10.0. The van der Waals surface area contributed by atoms with E-state index in [1.165, 1.54) is 0 Å². The van der Waals surface area contributed by atoms with Gasteiger partial charge in [0.1, 0.15) is 17.3 Å². The molecular weight excluding hydrogens is 430 g/mol. The summed E-state index contributed by atoms with van der Waals surface area (Å²) in [6.07, 6.45) is 4.26. The maximum atomic E-state index is 11.8. The fourth-order valence-corrected chi connectivity index (χ4v) is 3.86. The molecule has 1 heterocycles. The van der Waals surface area contributed by atoms with E-state index in [4.69, 9.17) is 18.6 Å². The van der Waals surface area contributed by atoms with Gasteiger partial charge >= 0.3 is 5.97 Å². The minimum atomic E-state index is -0.356. The van der Waals surface area contributed by atoms with E-state index in [9.17, 15) is 4.79 Å². The lowest BCUT2D eigenvalue weighted by Gasteiger charge is -2.18. The molecule has 6 heteroatoms. The van der Waals surface area contributed by atoms with Crippen molar-refractivity contribution in [3.8, 4) is 23.0 Å². The van der Waals surface area contributed by atoms with Crippen LogP contribution in [0.1, 0.15) is 56.2 Å². The van der Waals surface area contributed by atoms with Gasteiger partial charge in [-0.3, -0.25) is 0 Å². The molecule has 1 aromatic heterocycles. The molecule has 0 atom stereocenters. The Morgan fingerprint density at radius 2 is 1.62 bits per heavy atom. The molecular formula is C28H35NO5. The number of esters is 1. The first-order chi connectivity index (χ1) is 16.5. The predicted octanol–water partition coefficient (Wildman–Crippen LogP) is 6.12. The monoisotopic (exact) mass is 465 g/mol. The molecule has 34 heavy (non-hydrogen) atoms. The summed E-state index contributed by atoms with van der Waals surface area (Å²) < 4.78 is 23.0. The van der Waals surface area contributed by atoms with Crippen molar-refractivity contribution in [2.75, 3.05) is 19.8 Å². The van der Waals surface area contributed by atoms with E-state index in [0.717, 1.165) is 65.3 Å². The van der Waals surface area contributed by atoms with Crippen molar-refractivity contribution in [3.05, 3.63) is 65.0 Å². The zero-order valence-corrected chi connectivity index (χ0v) is 20.7. The van der Waals surface area contributed by atoms with E-state index < -0.39 is 0 Å². The minimum absolute atomic E-state index is 0.0867. The standard InChI is InChI=1S/C28H35NO5/c1-5-11-22-17-24(18-23(12-6-2)27(22)33-19-26(30)31-7-3)32-16-15-25-20(4)34-28(29-25)21-13-9-8-10-14-21/h8-10,13-14,17-18H,5-7,11-12,15-16,19H2,1-4H3. The summed E-state index contributed by atoms with van der Waals surface area (Å²) in [5.74, 6) is 2.67. The molecule has 0 N–H and O–H groups in total. The number of carbonyl (C=O) groups is 1. The third kappa shape index (κ3) is 6.86. The van der Waals surface area contributed by atoms with Gasteiger partial charge in [0.05, 0.1) is 18.9 Å². The number of oxazole rings is 1. The number of nitrogens with zero attached hydrogens (tertiary/aromatic N) is 1. The highest BCUT2D eigenvalue weighted by Crippen LogP contribution is 2.32. The predicted molar refractivity (Wildman–Crippen MR) is 132 cm³/mol. The van der Waals surface area contributed by atoms with Crippen LogP contribution in [0.4, 0.5) is 0 Å². The van der Waals surface area contributed by atoms with Crippen LogP contribution in [0.3, 0.4) is 0 Å². The smallest absolute Gasteiger partial charge is 0.344 e. The summed E-state index contributed by atoms with van der Waals surface area (Å²) >= 11 is 0. The second-order valence-corrected chi connectivity index (χ2v) is 8.15. The Bertz CT molecular complexity index is 1030. The number of rotatable bonds is 13. The Kier molecular flexibility index (Phi) is 9.56. The van der Waals surface area contributed by atoms with Crippen LogP contribution in [-0.4, -0.2) is 30.8 Å². The topological polar surface area (TPSA) is 70.8 Å². The summed E-state index contributed by atoms with van der Waals surface area (Å²) in [4.78, 5) is 16.5. The molecule has 2 aromatic carbocycles. The second kappa shape index (κ2) is 12.8. The average molecular weight is 466 g/mol. The van der Waals surface area contributed by atoms with E-state index in [-0.39, 0.29) is 12.6 Å². The molecule has 0 saturated heterocycles. The molecule has 0 amide bonds. The maximum Gasteiger partial charge on any atom is 0.344 e. The van der Waals surface area contributed by atoms with Crippen LogP contribution in [0.2, 0.25) is 0 Å². The number of ether oxygens (including phenoxy) is 3. The Morgan fingerprint density at radius 1 is 0.941 bits per heavy atom. The normalized spacial score (nSPS) is 10.8. The lowest BCUT2D eigenvalue weighted by Crippen LogP contribution is -2.16. The molecule has 0 saturated carbocycles. The second-order valence-electron chi connectivity index (χ2n) is 8.15. The quantitative estimate of drug-likeness (QED) is 0.283. The van der Waals surface area contributed by atoms with Crippen LogP contribution >= 0.6 is 0 Å². The van der Waals surface area contributed by atoms with E-state index in [0.29, 0.717) is 25.5 Å². The fourth-order valence-electron chi connectivity index (χ4n) is 3.86. The SMILES string of the molecule is CCCc1cc(OCCc2nc(-c3ccccc3)oc2C)cc(CCC)c1OCC(=O)OCC. The zero-order chi connectivity index (χ0) is 24.3.